The lowest BCUT2D eigenvalue weighted by Gasteiger charge is -2.10. The largest absolute Gasteiger partial charge is 0.270 e. The van der Waals surface area contributed by atoms with Gasteiger partial charge >= 0.3 is 0 Å². The number of benzene rings is 1. The summed E-state index contributed by atoms with van der Waals surface area (Å²) in [5.41, 5.74) is 1.97. The lowest BCUT2D eigenvalue weighted by Crippen LogP contribution is -2.12. The second kappa shape index (κ2) is 5.42. The van der Waals surface area contributed by atoms with Crippen LogP contribution in [0, 0.1) is 0 Å². The molecule has 0 saturated carbocycles. The molecule has 3 aromatic heterocycles. The molecule has 4 aromatic rings. The minimum Gasteiger partial charge on any atom is -0.261 e. The van der Waals surface area contributed by atoms with Crippen molar-refractivity contribution in [2.45, 2.75) is 18.2 Å². The van der Waals surface area contributed by atoms with Crippen molar-refractivity contribution in [2.24, 2.45) is 0 Å². The molecule has 0 unspecified atom stereocenters. The summed E-state index contributed by atoms with van der Waals surface area (Å²) in [6, 6.07) is 12.4. The first-order valence-corrected chi connectivity index (χ1v) is 9.10. The Balaban J connectivity index is 2.01. The highest BCUT2D eigenvalue weighted by Gasteiger charge is 2.22. The van der Waals surface area contributed by atoms with Crippen LogP contribution in [-0.4, -0.2) is 22.4 Å². The number of hydrogen-bond acceptors (Lipinski definition) is 4. The van der Waals surface area contributed by atoms with Gasteiger partial charge in [0.15, 0.2) is 0 Å². The molecule has 0 atom stereocenters. The first kappa shape index (κ1) is 14.8. The Morgan fingerprint density at radius 1 is 1.04 bits per heavy atom. The summed E-state index contributed by atoms with van der Waals surface area (Å²) in [6.45, 7) is 1.99. The van der Waals surface area contributed by atoms with Crippen molar-refractivity contribution in [3.05, 3.63) is 66.7 Å². The van der Waals surface area contributed by atoms with Gasteiger partial charge in [-0.15, -0.1) is 0 Å². The smallest absolute Gasteiger partial charge is 0.261 e. The Bertz CT molecular complexity index is 1160. The molecular weight excluding hydrogens is 322 g/mol. The Morgan fingerprint density at radius 3 is 2.71 bits per heavy atom. The molecule has 0 amide bonds. The maximum absolute atomic E-state index is 13.2. The minimum atomic E-state index is -3.75. The molecule has 120 valence electrons. The Labute approximate surface area is 139 Å². The maximum atomic E-state index is 13.2. The van der Waals surface area contributed by atoms with Crippen molar-refractivity contribution in [1.29, 1.82) is 0 Å². The van der Waals surface area contributed by atoms with Crippen LogP contribution in [0.4, 0.5) is 0 Å². The molecule has 0 aliphatic rings. The highest BCUT2D eigenvalue weighted by Crippen LogP contribution is 2.26. The Hall–Kier alpha value is -2.73. The highest BCUT2D eigenvalue weighted by molar-refractivity contribution is 7.90. The van der Waals surface area contributed by atoms with Crippen LogP contribution in [-0.2, 0) is 16.4 Å². The summed E-state index contributed by atoms with van der Waals surface area (Å²) < 4.78 is 27.8. The van der Waals surface area contributed by atoms with Crippen LogP contribution in [0.5, 0.6) is 0 Å². The summed E-state index contributed by atoms with van der Waals surface area (Å²) in [5.74, 6) is 0. The van der Waals surface area contributed by atoms with Gasteiger partial charge in [0, 0.05) is 35.1 Å². The molecule has 6 heteroatoms. The van der Waals surface area contributed by atoms with Gasteiger partial charge in [-0.25, -0.2) is 12.4 Å². The molecule has 0 aliphatic carbocycles. The molecule has 0 saturated heterocycles. The van der Waals surface area contributed by atoms with E-state index in [9.17, 15) is 8.42 Å². The quantitative estimate of drug-likeness (QED) is 0.575. The number of hydrogen-bond donors (Lipinski definition) is 0. The molecule has 0 spiro atoms. The molecule has 1 aromatic carbocycles. The van der Waals surface area contributed by atoms with Gasteiger partial charge in [-0.1, -0.05) is 25.1 Å². The summed E-state index contributed by atoms with van der Waals surface area (Å²) in [4.78, 5) is 8.79. The number of nitrogens with zero attached hydrogens (tertiary/aromatic N) is 3. The zero-order valence-electron chi connectivity index (χ0n) is 13.0. The molecule has 0 N–H and O–H groups in total. The van der Waals surface area contributed by atoms with Crippen molar-refractivity contribution in [1.82, 2.24) is 13.9 Å². The third kappa shape index (κ3) is 2.18. The van der Waals surface area contributed by atoms with E-state index in [4.69, 9.17) is 0 Å². The fourth-order valence-corrected chi connectivity index (χ4v) is 4.35. The Kier molecular flexibility index (Phi) is 3.35. The van der Waals surface area contributed by atoms with Crippen LogP contribution in [0.2, 0.25) is 0 Å². The summed E-state index contributed by atoms with van der Waals surface area (Å²) >= 11 is 0. The van der Waals surface area contributed by atoms with Gasteiger partial charge in [-0.2, -0.15) is 0 Å². The molecule has 5 nitrogen and oxygen atoms in total. The van der Waals surface area contributed by atoms with E-state index in [1.54, 1.807) is 42.9 Å². The van der Waals surface area contributed by atoms with E-state index < -0.39 is 10.0 Å². The molecule has 0 aliphatic heterocycles. The zero-order valence-corrected chi connectivity index (χ0v) is 13.9. The molecule has 24 heavy (non-hydrogen) atoms. The fourth-order valence-electron chi connectivity index (χ4n) is 2.84. The number of aryl methyl sites for hydroxylation is 1. The number of aromatic nitrogens is 3. The monoisotopic (exact) mass is 337 g/mol. The van der Waals surface area contributed by atoms with E-state index in [0.717, 1.165) is 22.9 Å². The third-order valence-corrected chi connectivity index (χ3v) is 5.81. The van der Waals surface area contributed by atoms with E-state index in [1.807, 2.05) is 25.1 Å². The van der Waals surface area contributed by atoms with Crippen LogP contribution in [0.15, 0.2) is 66.0 Å². The van der Waals surface area contributed by atoms with Crippen LogP contribution in [0.3, 0.4) is 0 Å². The normalized spacial score (nSPS) is 12.0. The summed E-state index contributed by atoms with van der Waals surface area (Å²) in [7, 11) is -3.75. The van der Waals surface area contributed by atoms with E-state index in [0.29, 0.717) is 11.0 Å². The zero-order chi connectivity index (χ0) is 16.7. The number of rotatable bonds is 3. The standard InChI is InChI=1S/C18H15N3O2S/c1-2-15-11-16-14(12-20-15)8-10-21(16)24(22,23)17-7-3-5-13-6-4-9-19-18(13)17/h3-12H,2H2,1H3. The van der Waals surface area contributed by atoms with Crippen LogP contribution >= 0.6 is 0 Å². The van der Waals surface area contributed by atoms with Crippen LogP contribution in [0.25, 0.3) is 21.8 Å². The van der Waals surface area contributed by atoms with E-state index in [2.05, 4.69) is 9.97 Å². The summed E-state index contributed by atoms with van der Waals surface area (Å²) in [6.07, 6.45) is 5.63. The van der Waals surface area contributed by atoms with Crippen LogP contribution < -0.4 is 0 Å². The van der Waals surface area contributed by atoms with E-state index >= 15 is 0 Å². The molecule has 4 rings (SSSR count). The number of fused-ring (bicyclic) bond motifs is 2. The molecule has 3 heterocycles. The predicted molar refractivity (Wildman–Crippen MR) is 93.4 cm³/mol. The van der Waals surface area contributed by atoms with Gasteiger partial charge in [0.1, 0.15) is 4.90 Å². The lowest BCUT2D eigenvalue weighted by atomic mass is 10.2. The predicted octanol–water partition coefficient (Wildman–Crippen LogP) is 3.38. The van der Waals surface area contributed by atoms with Crippen molar-refractivity contribution in [3.63, 3.8) is 0 Å². The topological polar surface area (TPSA) is 64.8 Å². The SMILES string of the molecule is CCc1cc2c(ccn2S(=O)(=O)c2cccc3cccnc23)cn1. The van der Waals surface area contributed by atoms with E-state index in [-0.39, 0.29) is 4.90 Å². The van der Waals surface area contributed by atoms with Crippen LogP contribution in [0.1, 0.15) is 12.6 Å². The lowest BCUT2D eigenvalue weighted by molar-refractivity contribution is 0.590. The average molecular weight is 337 g/mol. The van der Waals surface area contributed by atoms with Crippen molar-refractivity contribution in [2.75, 3.05) is 0 Å². The molecule has 0 radical (unpaired) electrons. The van der Waals surface area contributed by atoms with Crippen molar-refractivity contribution in [3.8, 4) is 0 Å². The molecular formula is C18H15N3O2S. The fraction of sp³-hybridized carbons (Fsp3) is 0.111. The second-order valence-electron chi connectivity index (χ2n) is 5.54. The first-order valence-electron chi connectivity index (χ1n) is 7.66. The molecule has 0 bridgehead atoms. The number of pyridine rings is 2. The van der Waals surface area contributed by atoms with Gasteiger partial charge in [0.2, 0.25) is 0 Å². The van der Waals surface area contributed by atoms with E-state index in [1.165, 1.54) is 3.97 Å². The highest BCUT2D eigenvalue weighted by atomic mass is 32.2. The Morgan fingerprint density at radius 2 is 1.88 bits per heavy atom. The minimum absolute atomic E-state index is 0.202. The third-order valence-electron chi connectivity index (χ3n) is 4.09. The van der Waals surface area contributed by atoms with Gasteiger partial charge in [0.25, 0.3) is 10.0 Å². The number of para-hydroxylation sites is 1. The first-order chi connectivity index (χ1) is 11.6. The van der Waals surface area contributed by atoms with Crippen molar-refractivity contribution < 1.29 is 8.42 Å². The van der Waals surface area contributed by atoms with Gasteiger partial charge in [-0.05, 0) is 30.7 Å². The summed E-state index contributed by atoms with van der Waals surface area (Å²) in [5, 5.41) is 1.59. The van der Waals surface area contributed by atoms with Gasteiger partial charge in [0.05, 0.1) is 11.0 Å². The maximum Gasteiger partial charge on any atom is 0.270 e. The van der Waals surface area contributed by atoms with Gasteiger partial charge < -0.3 is 0 Å². The van der Waals surface area contributed by atoms with Crippen molar-refractivity contribution >= 4 is 31.8 Å². The molecule has 0 fully saturated rings. The van der Waals surface area contributed by atoms with Gasteiger partial charge in [-0.3, -0.25) is 9.97 Å². The average Bonchev–Trinajstić information content (AvgIpc) is 3.05. The second-order valence-corrected chi connectivity index (χ2v) is 7.32.